The molecule has 2 rings (SSSR count). The molecule has 0 radical (unpaired) electrons. The summed E-state index contributed by atoms with van der Waals surface area (Å²) in [4.78, 5) is 11.6. The zero-order valence-corrected chi connectivity index (χ0v) is 9.50. The molecule has 2 heterocycles. The van der Waals surface area contributed by atoms with E-state index in [4.69, 9.17) is 9.52 Å². The van der Waals surface area contributed by atoms with E-state index in [-0.39, 0.29) is 6.42 Å². The smallest absolute Gasteiger partial charge is 0.303 e. The maximum absolute atomic E-state index is 10.5. The second kappa shape index (κ2) is 4.99. The van der Waals surface area contributed by atoms with Gasteiger partial charge in [0.15, 0.2) is 0 Å². The summed E-state index contributed by atoms with van der Waals surface area (Å²) in [6, 6.07) is 5.82. The summed E-state index contributed by atoms with van der Waals surface area (Å²) in [5.74, 6) is 0.160. The van der Waals surface area contributed by atoms with Crippen LogP contribution < -0.4 is 0 Å². The molecule has 0 aliphatic carbocycles. The van der Waals surface area contributed by atoms with E-state index in [1.165, 1.54) is 5.56 Å². The van der Waals surface area contributed by atoms with Crippen molar-refractivity contribution in [3.8, 4) is 0 Å². The van der Waals surface area contributed by atoms with Crippen LogP contribution in [0, 0.1) is 0 Å². The third-order valence-corrected chi connectivity index (χ3v) is 3.37. The highest BCUT2D eigenvalue weighted by Crippen LogP contribution is 2.21. The molecule has 2 aromatic heterocycles. The van der Waals surface area contributed by atoms with Crippen LogP contribution in [0.5, 0.6) is 0 Å². The van der Waals surface area contributed by atoms with Gasteiger partial charge in [0.25, 0.3) is 0 Å². The van der Waals surface area contributed by atoms with Crippen molar-refractivity contribution in [3.05, 3.63) is 46.0 Å². The summed E-state index contributed by atoms with van der Waals surface area (Å²) in [7, 11) is 0. The normalized spacial score (nSPS) is 10.5. The first-order chi connectivity index (χ1) is 7.75. The zero-order valence-electron chi connectivity index (χ0n) is 8.68. The van der Waals surface area contributed by atoms with Crippen molar-refractivity contribution in [2.45, 2.75) is 19.3 Å². The van der Waals surface area contributed by atoms with Crippen LogP contribution >= 0.6 is 11.3 Å². The van der Waals surface area contributed by atoms with Crippen molar-refractivity contribution in [1.29, 1.82) is 0 Å². The molecule has 0 amide bonds. The fraction of sp³-hybridized carbons (Fsp3) is 0.250. The summed E-state index contributed by atoms with van der Waals surface area (Å²) in [6.07, 6.45) is 3.18. The summed E-state index contributed by atoms with van der Waals surface area (Å²) >= 11 is 1.61. The minimum atomic E-state index is -0.752. The molecule has 0 bridgehead atoms. The molecule has 3 nitrogen and oxygen atoms in total. The maximum atomic E-state index is 10.5. The van der Waals surface area contributed by atoms with Gasteiger partial charge in [-0.2, -0.15) is 0 Å². The lowest BCUT2D eigenvalue weighted by atomic mass is 10.1. The third kappa shape index (κ3) is 2.73. The van der Waals surface area contributed by atoms with Crippen molar-refractivity contribution in [2.24, 2.45) is 0 Å². The molecule has 0 aliphatic heterocycles. The number of hydrogen-bond donors (Lipinski definition) is 1. The molecule has 4 heteroatoms. The Labute approximate surface area is 97.3 Å². The summed E-state index contributed by atoms with van der Waals surface area (Å²) in [5, 5.41) is 10.6. The van der Waals surface area contributed by atoms with Crippen molar-refractivity contribution in [1.82, 2.24) is 0 Å². The summed E-state index contributed by atoms with van der Waals surface area (Å²) < 4.78 is 5.28. The Balaban J connectivity index is 2.04. The fourth-order valence-electron chi connectivity index (χ4n) is 1.57. The van der Waals surface area contributed by atoms with Gasteiger partial charge in [0, 0.05) is 11.3 Å². The van der Waals surface area contributed by atoms with Crippen LogP contribution in [0.3, 0.4) is 0 Å². The summed E-state index contributed by atoms with van der Waals surface area (Å²) in [6.45, 7) is 0. The van der Waals surface area contributed by atoms with Crippen LogP contribution in [0.15, 0.2) is 34.3 Å². The third-order valence-electron chi connectivity index (χ3n) is 2.35. The van der Waals surface area contributed by atoms with Crippen LogP contribution in [-0.2, 0) is 17.6 Å². The number of rotatable bonds is 5. The van der Waals surface area contributed by atoms with Crippen LogP contribution in [0.1, 0.15) is 22.6 Å². The van der Waals surface area contributed by atoms with E-state index in [0.29, 0.717) is 6.42 Å². The van der Waals surface area contributed by atoms with Crippen molar-refractivity contribution in [3.63, 3.8) is 0 Å². The average Bonchev–Trinajstić information content (AvgIpc) is 2.87. The lowest BCUT2D eigenvalue weighted by Gasteiger charge is -2.00. The molecular weight excluding hydrogens is 224 g/mol. The molecule has 0 saturated heterocycles. The number of carboxylic acid groups (broad SMARTS) is 1. The van der Waals surface area contributed by atoms with E-state index >= 15 is 0 Å². The first kappa shape index (κ1) is 11.0. The predicted octanol–water partition coefficient (Wildman–Crippen LogP) is 2.95. The largest absolute Gasteiger partial charge is 0.481 e. The van der Waals surface area contributed by atoms with Crippen molar-refractivity contribution < 1.29 is 14.3 Å². The molecule has 0 fully saturated rings. The second-order valence-corrected chi connectivity index (χ2v) is 4.52. The van der Waals surface area contributed by atoms with Crippen LogP contribution in [0.4, 0.5) is 0 Å². The quantitative estimate of drug-likeness (QED) is 0.868. The Kier molecular flexibility index (Phi) is 3.41. The molecule has 0 spiro atoms. The molecule has 0 saturated carbocycles. The number of carbonyl (C=O) groups is 1. The highest BCUT2D eigenvalue weighted by molar-refractivity contribution is 7.10. The first-order valence-corrected chi connectivity index (χ1v) is 5.93. The Morgan fingerprint density at radius 1 is 1.44 bits per heavy atom. The Bertz CT molecular complexity index is 456. The Morgan fingerprint density at radius 2 is 2.31 bits per heavy atom. The summed E-state index contributed by atoms with van der Waals surface area (Å²) in [5.41, 5.74) is 1.17. The minimum Gasteiger partial charge on any atom is -0.481 e. The number of carboxylic acids is 1. The van der Waals surface area contributed by atoms with Gasteiger partial charge in [0.2, 0.25) is 0 Å². The Morgan fingerprint density at radius 3 is 3.00 bits per heavy atom. The molecular formula is C12H12O3S. The molecule has 1 N–H and O–H groups in total. The highest BCUT2D eigenvalue weighted by atomic mass is 32.1. The number of furan rings is 1. The van der Waals surface area contributed by atoms with E-state index in [2.05, 4.69) is 0 Å². The van der Waals surface area contributed by atoms with Gasteiger partial charge in [0.05, 0.1) is 12.7 Å². The number of aliphatic carboxylic acids is 1. The predicted molar refractivity (Wildman–Crippen MR) is 61.8 cm³/mol. The van der Waals surface area contributed by atoms with Gasteiger partial charge in [0.1, 0.15) is 5.76 Å². The van der Waals surface area contributed by atoms with E-state index < -0.39 is 5.97 Å². The molecule has 84 valence electrons. The number of hydrogen-bond acceptors (Lipinski definition) is 3. The average molecular weight is 236 g/mol. The van der Waals surface area contributed by atoms with E-state index in [9.17, 15) is 4.79 Å². The second-order valence-electron chi connectivity index (χ2n) is 3.52. The van der Waals surface area contributed by atoms with E-state index in [1.54, 1.807) is 17.6 Å². The van der Waals surface area contributed by atoms with E-state index in [0.717, 1.165) is 17.1 Å². The SMILES string of the molecule is O=C(O)CCc1sccc1Cc1ccco1. The fourth-order valence-corrected chi connectivity index (χ4v) is 2.47. The topological polar surface area (TPSA) is 50.4 Å². The molecule has 16 heavy (non-hydrogen) atoms. The van der Waals surface area contributed by atoms with Gasteiger partial charge in [-0.1, -0.05) is 0 Å². The first-order valence-electron chi connectivity index (χ1n) is 5.05. The lowest BCUT2D eigenvalue weighted by molar-refractivity contribution is -0.136. The van der Waals surface area contributed by atoms with Gasteiger partial charge in [-0.3, -0.25) is 4.79 Å². The van der Waals surface area contributed by atoms with Gasteiger partial charge in [-0.25, -0.2) is 0 Å². The van der Waals surface area contributed by atoms with Gasteiger partial charge >= 0.3 is 5.97 Å². The maximum Gasteiger partial charge on any atom is 0.303 e. The number of aryl methyl sites for hydroxylation is 1. The lowest BCUT2D eigenvalue weighted by Crippen LogP contribution is -1.98. The van der Waals surface area contributed by atoms with Crippen LogP contribution in [0.2, 0.25) is 0 Å². The molecule has 2 aromatic rings. The van der Waals surface area contributed by atoms with E-state index in [1.807, 2.05) is 23.6 Å². The standard InChI is InChI=1S/C12H12O3S/c13-12(14)4-3-11-9(5-7-16-11)8-10-2-1-6-15-10/h1-2,5-7H,3-4,8H2,(H,13,14). The molecule has 0 aromatic carbocycles. The minimum absolute atomic E-state index is 0.186. The van der Waals surface area contributed by atoms with Gasteiger partial charge < -0.3 is 9.52 Å². The van der Waals surface area contributed by atoms with Gasteiger partial charge in [-0.05, 0) is 35.6 Å². The van der Waals surface area contributed by atoms with Crippen molar-refractivity contribution in [2.75, 3.05) is 0 Å². The molecule has 0 aliphatic rings. The monoisotopic (exact) mass is 236 g/mol. The van der Waals surface area contributed by atoms with Crippen LogP contribution in [0.25, 0.3) is 0 Å². The van der Waals surface area contributed by atoms with Crippen LogP contribution in [-0.4, -0.2) is 11.1 Å². The molecule has 0 unspecified atom stereocenters. The zero-order chi connectivity index (χ0) is 11.4. The highest BCUT2D eigenvalue weighted by Gasteiger charge is 2.08. The van der Waals surface area contributed by atoms with Crippen molar-refractivity contribution >= 4 is 17.3 Å². The number of thiophene rings is 1. The molecule has 0 atom stereocenters. The Hall–Kier alpha value is -1.55. The van der Waals surface area contributed by atoms with Gasteiger partial charge in [-0.15, -0.1) is 11.3 Å².